The lowest BCUT2D eigenvalue weighted by atomic mass is 9.94. The van der Waals surface area contributed by atoms with Crippen LogP contribution in [0.1, 0.15) is 24.2 Å². The Labute approximate surface area is 146 Å². The van der Waals surface area contributed by atoms with Crippen LogP contribution >= 0.6 is 0 Å². The molecule has 2 N–H and O–H groups in total. The third kappa shape index (κ3) is 3.57. The highest BCUT2D eigenvalue weighted by Crippen LogP contribution is 2.34. The molecule has 0 aliphatic carbocycles. The summed E-state index contributed by atoms with van der Waals surface area (Å²) in [5.74, 6) is 0.804. The third-order valence-electron chi connectivity index (χ3n) is 4.02. The second-order valence-corrected chi connectivity index (χ2v) is 6.52. The van der Waals surface area contributed by atoms with Crippen LogP contribution in [0, 0.1) is 5.41 Å². The fourth-order valence-electron chi connectivity index (χ4n) is 2.41. The van der Waals surface area contributed by atoms with Crippen LogP contribution in [0.4, 0.5) is 11.4 Å². The lowest BCUT2D eigenvalue weighted by Gasteiger charge is -2.18. The first kappa shape index (κ1) is 16.8. The molecule has 0 bridgehead atoms. The lowest BCUT2D eigenvalue weighted by Crippen LogP contribution is -2.33. The Hall–Kier alpha value is -3.02. The van der Waals surface area contributed by atoms with Crippen LogP contribution in [-0.2, 0) is 4.79 Å². The molecule has 0 spiro atoms. The van der Waals surface area contributed by atoms with Crippen molar-refractivity contribution in [2.75, 3.05) is 24.4 Å². The molecular formula is C19H20N2O4. The van der Waals surface area contributed by atoms with E-state index in [1.807, 2.05) is 13.8 Å². The molecule has 0 atom stereocenters. The van der Waals surface area contributed by atoms with Crippen molar-refractivity contribution in [3.05, 3.63) is 48.0 Å². The topological polar surface area (TPSA) is 76.7 Å². The number of rotatable bonds is 3. The lowest BCUT2D eigenvalue weighted by molar-refractivity contribution is -0.124. The van der Waals surface area contributed by atoms with Gasteiger partial charge in [-0.3, -0.25) is 9.59 Å². The van der Waals surface area contributed by atoms with Gasteiger partial charge in [0.2, 0.25) is 5.91 Å². The molecule has 0 saturated heterocycles. The van der Waals surface area contributed by atoms with E-state index in [2.05, 4.69) is 10.6 Å². The van der Waals surface area contributed by atoms with Gasteiger partial charge >= 0.3 is 0 Å². The number of carbonyl (C=O) groups is 2. The zero-order valence-electron chi connectivity index (χ0n) is 14.4. The first-order valence-electron chi connectivity index (χ1n) is 7.93. The van der Waals surface area contributed by atoms with Crippen LogP contribution in [0.25, 0.3) is 0 Å². The Morgan fingerprint density at radius 1 is 1.24 bits per heavy atom. The standard InChI is InChI=1S/C19H20N2O4/c1-19(2)11-25-16-8-7-13(10-15(16)21-18(19)23)20-17(22)12-5-4-6-14(9-12)24-3/h4-10H,11H2,1-3H3,(H,20,22)(H,21,23). The van der Waals surface area contributed by atoms with Crippen molar-refractivity contribution < 1.29 is 19.1 Å². The number of carbonyl (C=O) groups excluding carboxylic acids is 2. The first-order valence-corrected chi connectivity index (χ1v) is 7.93. The number of ether oxygens (including phenoxy) is 2. The number of hydrogen-bond acceptors (Lipinski definition) is 4. The normalized spacial score (nSPS) is 15.2. The summed E-state index contributed by atoms with van der Waals surface area (Å²) in [7, 11) is 1.55. The molecule has 0 radical (unpaired) electrons. The van der Waals surface area contributed by atoms with E-state index in [-0.39, 0.29) is 11.8 Å². The highest BCUT2D eigenvalue weighted by Gasteiger charge is 2.32. The van der Waals surface area contributed by atoms with Crippen LogP contribution < -0.4 is 20.1 Å². The first-order chi connectivity index (χ1) is 11.9. The highest BCUT2D eigenvalue weighted by atomic mass is 16.5. The third-order valence-corrected chi connectivity index (χ3v) is 4.02. The molecule has 0 unspecified atom stereocenters. The Morgan fingerprint density at radius 3 is 2.80 bits per heavy atom. The maximum atomic E-state index is 12.4. The molecule has 2 aromatic carbocycles. The minimum Gasteiger partial charge on any atom is -0.497 e. The van der Waals surface area contributed by atoms with Crippen molar-refractivity contribution >= 4 is 23.2 Å². The number of hydrogen-bond donors (Lipinski definition) is 2. The summed E-state index contributed by atoms with van der Waals surface area (Å²) in [5, 5.41) is 5.66. The number of benzene rings is 2. The van der Waals surface area contributed by atoms with Gasteiger partial charge in [0, 0.05) is 11.3 Å². The fourth-order valence-corrected chi connectivity index (χ4v) is 2.41. The molecule has 1 aliphatic heterocycles. The van der Waals surface area contributed by atoms with Crippen LogP contribution in [0.3, 0.4) is 0 Å². The second kappa shape index (κ2) is 6.47. The van der Waals surface area contributed by atoms with Gasteiger partial charge in [0.1, 0.15) is 18.1 Å². The van der Waals surface area contributed by atoms with Crippen molar-refractivity contribution in [2.45, 2.75) is 13.8 Å². The van der Waals surface area contributed by atoms with Gasteiger partial charge in [0.25, 0.3) is 5.91 Å². The minimum absolute atomic E-state index is 0.123. The molecule has 0 aromatic heterocycles. The van der Waals surface area contributed by atoms with Gasteiger partial charge in [-0.1, -0.05) is 6.07 Å². The van der Waals surface area contributed by atoms with Gasteiger partial charge in [0.15, 0.2) is 0 Å². The average molecular weight is 340 g/mol. The second-order valence-electron chi connectivity index (χ2n) is 6.52. The van der Waals surface area contributed by atoms with Crippen molar-refractivity contribution in [1.29, 1.82) is 0 Å². The molecule has 6 nitrogen and oxygen atoms in total. The van der Waals surface area contributed by atoms with E-state index in [0.29, 0.717) is 35.0 Å². The molecule has 1 heterocycles. The maximum Gasteiger partial charge on any atom is 0.255 e. The van der Waals surface area contributed by atoms with Crippen LogP contribution in [-0.4, -0.2) is 25.5 Å². The van der Waals surface area contributed by atoms with Gasteiger partial charge in [-0.2, -0.15) is 0 Å². The quantitative estimate of drug-likeness (QED) is 0.899. The van der Waals surface area contributed by atoms with Gasteiger partial charge in [-0.25, -0.2) is 0 Å². The van der Waals surface area contributed by atoms with Crippen LogP contribution in [0.2, 0.25) is 0 Å². The van der Waals surface area contributed by atoms with Gasteiger partial charge in [-0.05, 0) is 50.2 Å². The zero-order chi connectivity index (χ0) is 18.0. The molecule has 1 aliphatic rings. The fraction of sp³-hybridized carbons (Fsp3) is 0.263. The average Bonchev–Trinajstić information content (AvgIpc) is 2.71. The van der Waals surface area contributed by atoms with Gasteiger partial charge in [0.05, 0.1) is 18.2 Å². The van der Waals surface area contributed by atoms with Crippen molar-refractivity contribution in [3.8, 4) is 11.5 Å². The molecule has 6 heteroatoms. The number of nitrogens with one attached hydrogen (secondary N) is 2. The molecule has 2 amide bonds. The molecule has 25 heavy (non-hydrogen) atoms. The van der Waals surface area contributed by atoms with E-state index in [1.165, 1.54) is 0 Å². The number of anilines is 2. The van der Waals surface area contributed by atoms with Crippen LogP contribution in [0.15, 0.2) is 42.5 Å². The Kier molecular flexibility index (Phi) is 4.35. The van der Waals surface area contributed by atoms with E-state index in [1.54, 1.807) is 49.6 Å². The molecule has 130 valence electrons. The molecule has 0 fully saturated rings. The Bertz CT molecular complexity index is 830. The number of amides is 2. The zero-order valence-corrected chi connectivity index (χ0v) is 14.4. The van der Waals surface area contributed by atoms with Crippen molar-refractivity contribution in [3.63, 3.8) is 0 Å². The summed E-state index contributed by atoms with van der Waals surface area (Å²) < 4.78 is 10.8. The van der Waals surface area contributed by atoms with E-state index < -0.39 is 5.41 Å². The predicted molar refractivity (Wildman–Crippen MR) is 95.3 cm³/mol. The van der Waals surface area contributed by atoms with E-state index in [9.17, 15) is 9.59 Å². The molecule has 2 aromatic rings. The summed E-state index contributed by atoms with van der Waals surface area (Å²) in [4.78, 5) is 24.6. The summed E-state index contributed by atoms with van der Waals surface area (Å²) in [6, 6.07) is 12.0. The maximum absolute atomic E-state index is 12.4. The SMILES string of the molecule is COc1cccc(C(=O)Nc2ccc3c(c2)NC(=O)C(C)(C)CO3)c1. The van der Waals surface area contributed by atoms with E-state index >= 15 is 0 Å². The largest absolute Gasteiger partial charge is 0.497 e. The number of fused-ring (bicyclic) bond motifs is 1. The van der Waals surface area contributed by atoms with E-state index in [0.717, 1.165) is 0 Å². The minimum atomic E-state index is -0.622. The predicted octanol–water partition coefficient (Wildman–Crippen LogP) is 3.30. The van der Waals surface area contributed by atoms with Gasteiger partial charge < -0.3 is 20.1 Å². The summed E-state index contributed by atoms with van der Waals surface area (Å²) >= 11 is 0. The highest BCUT2D eigenvalue weighted by molar-refractivity contribution is 6.05. The summed E-state index contributed by atoms with van der Waals surface area (Å²) in [5.41, 5.74) is 0.966. The van der Waals surface area contributed by atoms with Crippen molar-refractivity contribution in [2.24, 2.45) is 5.41 Å². The van der Waals surface area contributed by atoms with Crippen LogP contribution in [0.5, 0.6) is 11.5 Å². The summed E-state index contributed by atoms with van der Waals surface area (Å²) in [6.07, 6.45) is 0. The number of methoxy groups -OCH3 is 1. The summed E-state index contributed by atoms with van der Waals surface area (Å²) in [6.45, 7) is 3.93. The molecular weight excluding hydrogens is 320 g/mol. The molecule has 0 saturated carbocycles. The van der Waals surface area contributed by atoms with Crippen molar-refractivity contribution in [1.82, 2.24) is 0 Å². The smallest absolute Gasteiger partial charge is 0.255 e. The van der Waals surface area contributed by atoms with Gasteiger partial charge in [-0.15, -0.1) is 0 Å². The Morgan fingerprint density at radius 2 is 2.04 bits per heavy atom. The van der Waals surface area contributed by atoms with E-state index in [4.69, 9.17) is 9.47 Å². The molecule has 3 rings (SSSR count). The monoisotopic (exact) mass is 340 g/mol. The Balaban J connectivity index is 1.81.